The summed E-state index contributed by atoms with van der Waals surface area (Å²) in [7, 11) is 1.75. The summed E-state index contributed by atoms with van der Waals surface area (Å²) in [5.74, 6) is 0.671. The minimum atomic E-state index is -0.179. The molecule has 0 spiro atoms. The third kappa shape index (κ3) is 3.89. The zero-order valence-electron chi connectivity index (χ0n) is 15.3. The van der Waals surface area contributed by atoms with Crippen molar-refractivity contribution in [3.8, 4) is 0 Å². The van der Waals surface area contributed by atoms with Gasteiger partial charge in [-0.3, -0.25) is 4.79 Å². The van der Waals surface area contributed by atoms with Crippen molar-refractivity contribution in [1.29, 1.82) is 0 Å². The number of H-pyrrole nitrogens is 1. The van der Waals surface area contributed by atoms with Gasteiger partial charge >= 0.3 is 0 Å². The number of benzene rings is 2. The maximum Gasteiger partial charge on any atom is 0.275 e. The second-order valence-corrected chi connectivity index (χ2v) is 6.98. The molecular weight excluding hydrogens is 376 g/mol. The standard InChI is InChI=1S/C20H19ClN6O/c1-26(11-10-19-22-16-8-4-5-9-17(16)23-19)20(28)18-13-27(25-24-18)12-14-6-2-3-7-15(14)21/h2-9,13H,10-12H2,1H3,(H,22,23). The largest absolute Gasteiger partial charge is 0.342 e. The van der Waals surface area contributed by atoms with Crippen LogP contribution in [0.1, 0.15) is 21.9 Å². The molecule has 2 aromatic heterocycles. The number of rotatable bonds is 6. The second-order valence-electron chi connectivity index (χ2n) is 6.57. The van der Waals surface area contributed by atoms with Gasteiger partial charge in [0.2, 0.25) is 0 Å². The average molecular weight is 395 g/mol. The summed E-state index contributed by atoms with van der Waals surface area (Å²) in [5, 5.41) is 8.71. The van der Waals surface area contributed by atoms with Gasteiger partial charge in [0.25, 0.3) is 5.91 Å². The number of nitrogens with one attached hydrogen (secondary N) is 1. The van der Waals surface area contributed by atoms with Crippen LogP contribution in [-0.4, -0.2) is 49.4 Å². The number of hydrogen-bond donors (Lipinski definition) is 1. The predicted octanol–water partition coefficient (Wildman–Crippen LogP) is 3.17. The fraction of sp³-hybridized carbons (Fsp3) is 0.200. The fourth-order valence-electron chi connectivity index (χ4n) is 2.97. The molecule has 0 unspecified atom stereocenters. The summed E-state index contributed by atoms with van der Waals surface area (Å²) in [4.78, 5) is 22.1. The minimum absolute atomic E-state index is 0.179. The molecule has 0 fully saturated rings. The van der Waals surface area contributed by atoms with E-state index in [1.165, 1.54) is 0 Å². The summed E-state index contributed by atoms with van der Waals surface area (Å²) in [6, 6.07) is 15.4. The molecule has 2 aromatic carbocycles. The van der Waals surface area contributed by atoms with E-state index in [1.807, 2.05) is 48.5 Å². The Morgan fingerprint density at radius 3 is 2.79 bits per heavy atom. The Labute approximate surface area is 167 Å². The van der Waals surface area contributed by atoms with Crippen molar-refractivity contribution in [2.24, 2.45) is 0 Å². The molecule has 0 aliphatic rings. The minimum Gasteiger partial charge on any atom is -0.342 e. The van der Waals surface area contributed by atoms with Gasteiger partial charge in [0, 0.05) is 25.0 Å². The van der Waals surface area contributed by atoms with Crippen molar-refractivity contribution < 1.29 is 4.79 Å². The van der Waals surface area contributed by atoms with Gasteiger partial charge in [-0.25, -0.2) is 9.67 Å². The summed E-state index contributed by atoms with van der Waals surface area (Å²) in [6.07, 6.45) is 2.27. The van der Waals surface area contributed by atoms with Crippen LogP contribution in [0.4, 0.5) is 0 Å². The van der Waals surface area contributed by atoms with Crippen LogP contribution in [0.5, 0.6) is 0 Å². The number of likely N-dealkylation sites (N-methyl/N-ethyl adjacent to an activating group) is 1. The molecule has 7 nitrogen and oxygen atoms in total. The molecular formula is C20H19ClN6O. The normalized spacial score (nSPS) is 11.1. The van der Waals surface area contributed by atoms with Gasteiger partial charge in [-0.2, -0.15) is 0 Å². The molecule has 8 heteroatoms. The molecule has 0 bridgehead atoms. The van der Waals surface area contributed by atoms with Gasteiger partial charge in [-0.1, -0.05) is 47.1 Å². The van der Waals surface area contributed by atoms with E-state index in [1.54, 1.807) is 22.8 Å². The van der Waals surface area contributed by atoms with Crippen LogP contribution in [0, 0.1) is 0 Å². The van der Waals surface area contributed by atoms with Gasteiger partial charge < -0.3 is 9.88 Å². The molecule has 0 aliphatic heterocycles. The Hall–Kier alpha value is -3.19. The third-order valence-electron chi connectivity index (χ3n) is 4.52. The van der Waals surface area contributed by atoms with Crippen LogP contribution in [-0.2, 0) is 13.0 Å². The lowest BCUT2D eigenvalue weighted by molar-refractivity contribution is 0.0790. The lowest BCUT2D eigenvalue weighted by Crippen LogP contribution is -2.29. The first-order valence-corrected chi connectivity index (χ1v) is 9.30. The van der Waals surface area contributed by atoms with Crippen molar-refractivity contribution in [2.75, 3.05) is 13.6 Å². The number of carbonyl (C=O) groups excluding carboxylic acids is 1. The van der Waals surface area contributed by atoms with Crippen LogP contribution in [0.25, 0.3) is 11.0 Å². The third-order valence-corrected chi connectivity index (χ3v) is 4.89. The van der Waals surface area contributed by atoms with Gasteiger partial charge in [0.15, 0.2) is 5.69 Å². The highest BCUT2D eigenvalue weighted by Crippen LogP contribution is 2.16. The molecule has 0 saturated heterocycles. The van der Waals surface area contributed by atoms with E-state index in [4.69, 9.17) is 11.6 Å². The molecule has 0 aliphatic carbocycles. The number of halogens is 1. The molecule has 1 N–H and O–H groups in total. The Morgan fingerprint density at radius 1 is 1.18 bits per heavy atom. The zero-order chi connectivity index (χ0) is 19.5. The molecule has 4 aromatic rings. The van der Waals surface area contributed by atoms with Crippen LogP contribution in [0.3, 0.4) is 0 Å². The lowest BCUT2D eigenvalue weighted by Gasteiger charge is -2.14. The van der Waals surface area contributed by atoms with E-state index >= 15 is 0 Å². The van der Waals surface area contributed by atoms with Crippen molar-refractivity contribution >= 4 is 28.5 Å². The monoisotopic (exact) mass is 394 g/mol. The maximum absolute atomic E-state index is 12.6. The van der Waals surface area contributed by atoms with Crippen LogP contribution in [0.2, 0.25) is 5.02 Å². The second kappa shape index (κ2) is 7.82. The quantitative estimate of drug-likeness (QED) is 0.544. The van der Waals surface area contributed by atoms with Crippen molar-refractivity contribution in [3.63, 3.8) is 0 Å². The SMILES string of the molecule is CN(CCc1nc2ccccc2[nH]1)C(=O)c1cn(Cc2ccccc2Cl)nn1. The van der Waals surface area contributed by atoms with E-state index in [-0.39, 0.29) is 5.91 Å². The number of amides is 1. The summed E-state index contributed by atoms with van der Waals surface area (Å²) in [5.41, 5.74) is 3.15. The molecule has 2 heterocycles. The maximum atomic E-state index is 12.6. The smallest absolute Gasteiger partial charge is 0.275 e. The first-order chi connectivity index (χ1) is 13.6. The number of para-hydroxylation sites is 2. The molecule has 1 amide bonds. The summed E-state index contributed by atoms with van der Waals surface area (Å²) >= 11 is 6.18. The van der Waals surface area contributed by atoms with Gasteiger partial charge in [-0.05, 0) is 23.8 Å². The number of aromatic nitrogens is 5. The molecule has 28 heavy (non-hydrogen) atoms. The number of hydrogen-bond acceptors (Lipinski definition) is 4. The molecule has 4 rings (SSSR count). The molecule has 0 saturated carbocycles. The van der Waals surface area contributed by atoms with Crippen LogP contribution < -0.4 is 0 Å². The Bertz CT molecular complexity index is 1090. The van der Waals surface area contributed by atoms with E-state index in [2.05, 4.69) is 20.3 Å². The van der Waals surface area contributed by atoms with Gasteiger partial charge in [-0.15, -0.1) is 5.10 Å². The summed E-state index contributed by atoms with van der Waals surface area (Å²) < 4.78 is 1.61. The number of imidazole rings is 1. The Balaban J connectivity index is 1.38. The fourth-order valence-corrected chi connectivity index (χ4v) is 3.17. The van der Waals surface area contributed by atoms with Crippen molar-refractivity contribution in [2.45, 2.75) is 13.0 Å². The zero-order valence-corrected chi connectivity index (χ0v) is 16.1. The van der Waals surface area contributed by atoms with Crippen molar-refractivity contribution in [1.82, 2.24) is 29.9 Å². The first-order valence-electron chi connectivity index (χ1n) is 8.93. The Morgan fingerprint density at radius 2 is 1.96 bits per heavy atom. The van der Waals surface area contributed by atoms with E-state index in [0.717, 1.165) is 22.4 Å². The highest BCUT2D eigenvalue weighted by molar-refractivity contribution is 6.31. The number of nitrogens with zero attached hydrogens (tertiary/aromatic N) is 5. The highest BCUT2D eigenvalue weighted by atomic mass is 35.5. The molecule has 0 atom stereocenters. The predicted molar refractivity (Wildman–Crippen MR) is 107 cm³/mol. The van der Waals surface area contributed by atoms with E-state index in [0.29, 0.717) is 30.2 Å². The van der Waals surface area contributed by atoms with E-state index < -0.39 is 0 Å². The summed E-state index contributed by atoms with van der Waals surface area (Å²) in [6.45, 7) is 0.985. The van der Waals surface area contributed by atoms with Gasteiger partial charge in [0.1, 0.15) is 5.82 Å². The van der Waals surface area contributed by atoms with E-state index in [9.17, 15) is 4.79 Å². The highest BCUT2D eigenvalue weighted by Gasteiger charge is 2.16. The molecule has 142 valence electrons. The van der Waals surface area contributed by atoms with Crippen molar-refractivity contribution in [3.05, 3.63) is 76.8 Å². The van der Waals surface area contributed by atoms with Crippen LogP contribution >= 0.6 is 11.6 Å². The number of carbonyl (C=O) groups is 1. The average Bonchev–Trinajstić information content (AvgIpc) is 3.34. The number of fused-ring (bicyclic) bond motifs is 1. The molecule has 0 radical (unpaired) electrons. The first kappa shape index (κ1) is 18.2. The van der Waals surface area contributed by atoms with Gasteiger partial charge in [0.05, 0.1) is 23.8 Å². The number of aromatic amines is 1. The van der Waals surface area contributed by atoms with Crippen LogP contribution in [0.15, 0.2) is 54.7 Å². The Kier molecular flexibility index (Phi) is 5.08. The topological polar surface area (TPSA) is 79.7 Å². The lowest BCUT2D eigenvalue weighted by atomic mass is 10.2.